The lowest BCUT2D eigenvalue weighted by molar-refractivity contribution is -0.0869. The monoisotopic (exact) mass is 252 g/mol. The van der Waals surface area contributed by atoms with Crippen molar-refractivity contribution in [3.63, 3.8) is 0 Å². The fourth-order valence-corrected chi connectivity index (χ4v) is 2.55. The van der Waals surface area contributed by atoms with E-state index in [0.717, 1.165) is 0 Å². The highest BCUT2D eigenvalue weighted by Crippen LogP contribution is 2.39. The smallest absolute Gasteiger partial charge is 0.331 e. The van der Waals surface area contributed by atoms with Gasteiger partial charge in [-0.05, 0) is 12.2 Å². The second-order valence-electron chi connectivity index (χ2n) is 4.49. The van der Waals surface area contributed by atoms with Crippen LogP contribution in [0.2, 0.25) is 0 Å². The zero-order chi connectivity index (χ0) is 12.9. The highest BCUT2D eigenvalue weighted by molar-refractivity contribution is 5.51. The summed E-state index contributed by atoms with van der Waals surface area (Å²) < 4.78 is 6.86. The Labute approximate surface area is 101 Å². The summed E-state index contributed by atoms with van der Waals surface area (Å²) in [6, 6.07) is 1.29. The highest BCUT2D eigenvalue weighted by atomic mass is 16.6. The van der Waals surface area contributed by atoms with Crippen molar-refractivity contribution in [2.75, 3.05) is 6.61 Å². The molecule has 3 N–H and O–H groups in total. The SMILES string of the molecule is O=c1cc2n(c(=O)[nH]1)[C@@]1(C=C2)C[C@H](O)[C@@H](CO)O1. The van der Waals surface area contributed by atoms with Crippen LogP contribution in [0.1, 0.15) is 12.1 Å². The van der Waals surface area contributed by atoms with Crippen LogP contribution < -0.4 is 11.2 Å². The standard InChI is InChI=1S/C11H12N2O5/c14-5-8-7(15)4-11(18-8)2-1-6-3-9(16)12-10(17)13(6)11/h1-3,7-8,14-15H,4-5H2,(H,12,16,17)/t7-,8+,11+/m0/s1. The predicted molar refractivity (Wildman–Crippen MR) is 60.9 cm³/mol. The van der Waals surface area contributed by atoms with E-state index in [1.54, 1.807) is 12.2 Å². The van der Waals surface area contributed by atoms with Gasteiger partial charge in [-0.1, -0.05) is 0 Å². The van der Waals surface area contributed by atoms with Gasteiger partial charge < -0.3 is 14.9 Å². The molecule has 7 nitrogen and oxygen atoms in total. The van der Waals surface area contributed by atoms with Gasteiger partial charge in [-0.15, -0.1) is 0 Å². The molecule has 1 fully saturated rings. The van der Waals surface area contributed by atoms with Crippen LogP contribution in [0.15, 0.2) is 21.7 Å². The maximum absolute atomic E-state index is 11.8. The Bertz CT molecular complexity index is 631. The fraction of sp³-hybridized carbons (Fsp3) is 0.455. The summed E-state index contributed by atoms with van der Waals surface area (Å²) in [4.78, 5) is 25.2. The Morgan fingerprint density at radius 1 is 1.56 bits per heavy atom. The number of aliphatic hydroxyl groups is 2. The molecule has 0 unspecified atom stereocenters. The van der Waals surface area contributed by atoms with Gasteiger partial charge in [0.15, 0.2) is 5.72 Å². The van der Waals surface area contributed by atoms with Gasteiger partial charge in [0, 0.05) is 12.5 Å². The second-order valence-corrected chi connectivity index (χ2v) is 4.49. The zero-order valence-electron chi connectivity index (χ0n) is 9.37. The van der Waals surface area contributed by atoms with E-state index in [0.29, 0.717) is 5.69 Å². The Morgan fingerprint density at radius 2 is 2.33 bits per heavy atom. The Balaban J connectivity index is 2.14. The molecular weight excluding hydrogens is 240 g/mol. The highest BCUT2D eigenvalue weighted by Gasteiger charge is 2.48. The molecule has 0 aromatic carbocycles. The van der Waals surface area contributed by atoms with Gasteiger partial charge in [0.2, 0.25) is 0 Å². The lowest BCUT2D eigenvalue weighted by Gasteiger charge is -2.25. The van der Waals surface area contributed by atoms with Gasteiger partial charge in [0.05, 0.1) is 18.4 Å². The number of fused-ring (bicyclic) bond motifs is 2. The molecule has 0 radical (unpaired) electrons. The molecule has 2 aliphatic rings. The van der Waals surface area contributed by atoms with E-state index < -0.39 is 29.2 Å². The van der Waals surface area contributed by atoms with Crippen molar-refractivity contribution >= 4 is 6.08 Å². The van der Waals surface area contributed by atoms with Crippen LogP contribution >= 0.6 is 0 Å². The minimum absolute atomic E-state index is 0.160. The van der Waals surface area contributed by atoms with E-state index in [9.17, 15) is 14.7 Å². The number of nitrogens with zero attached hydrogens (tertiary/aromatic N) is 1. The second kappa shape index (κ2) is 3.64. The first kappa shape index (κ1) is 11.4. The third kappa shape index (κ3) is 1.41. The largest absolute Gasteiger partial charge is 0.394 e. The van der Waals surface area contributed by atoms with Crippen LogP contribution in [0.3, 0.4) is 0 Å². The average molecular weight is 252 g/mol. The molecule has 0 amide bonds. The van der Waals surface area contributed by atoms with Crippen LogP contribution in [0, 0.1) is 0 Å². The quantitative estimate of drug-likeness (QED) is 0.556. The number of aromatic nitrogens is 2. The van der Waals surface area contributed by atoms with Crippen molar-refractivity contribution in [2.24, 2.45) is 0 Å². The van der Waals surface area contributed by atoms with Gasteiger partial charge in [-0.2, -0.15) is 0 Å². The maximum atomic E-state index is 11.8. The Morgan fingerprint density at radius 3 is 3.00 bits per heavy atom. The number of aromatic amines is 1. The summed E-state index contributed by atoms with van der Waals surface area (Å²) in [6.07, 6.45) is 1.79. The van der Waals surface area contributed by atoms with E-state index in [1.807, 2.05) is 0 Å². The lowest BCUT2D eigenvalue weighted by atomic mass is 10.1. The van der Waals surface area contributed by atoms with Crippen molar-refractivity contribution in [2.45, 2.75) is 24.4 Å². The number of hydrogen-bond acceptors (Lipinski definition) is 5. The number of aliphatic hydroxyl groups excluding tert-OH is 2. The summed E-state index contributed by atoms with van der Waals surface area (Å²) in [5.41, 5.74) is -1.75. The van der Waals surface area contributed by atoms with E-state index in [4.69, 9.17) is 9.84 Å². The minimum Gasteiger partial charge on any atom is -0.394 e. The molecule has 0 bridgehead atoms. The number of hydrogen-bond donors (Lipinski definition) is 3. The minimum atomic E-state index is -1.11. The topological polar surface area (TPSA) is 105 Å². The van der Waals surface area contributed by atoms with Crippen molar-refractivity contribution in [3.8, 4) is 0 Å². The normalized spacial score (nSPS) is 33.2. The molecule has 7 heteroatoms. The van der Waals surface area contributed by atoms with Gasteiger partial charge >= 0.3 is 5.69 Å². The molecule has 0 saturated carbocycles. The first-order chi connectivity index (χ1) is 8.55. The van der Waals surface area contributed by atoms with Crippen LogP contribution in [0.25, 0.3) is 6.08 Å². The van der Waals surface area contributed by atoms with Crippen LogP contribution in [-0.4, -0.2) is 38.6 Å². The number of rotatable bonds is 1. The molecule has 1 spiro atoms. The zero-order valence-corrected chi connectivity index (χ0v) is 9.37. The van der Waals surface area contributed by atoms with Crippen molar-refractivity contribution < 1.29 is 14.9 Å². The van der Waals surface area contributed by atoms with E-state index >= 15 is 0 Å². The molecule has 1 saturated heterocycles. The molecule has 18 heavy (non-hydrogen) atoms. The first-order valence-corrected chi connectivity index (χ1v) is 5.58. The molecule has 2 aliphatic heterocycles. The number of ether oxygens (including phenoxy) is 1. The molecule has 1 aromatic rings. The molecule has 3 atom stereocenters. The lowest BCUT2D eigenvalue weighted by Crippen LogP contribution is -2.42. The number of H-pyrrole nitrogens is 1. The van der Waals surface area contributed by atoms with Crippen molar-refractivity contribution in [3.05, 3.63) is 38.7 Å². The fourth-order valence-electron chi connectivity index (χ4n) is 2.55. The van der Waals surface area contributed by atoms with Crippen LogP contribution in [0.4, 0.5) is 0 Å². The van der Waals surface area contributed by atoms with E-state index in [1.165, 1.54) is 10.6 Å². The first-order valence-electron chi connectivity index (χ1n) is 5.58. The van der Waals surface area contributed by atoms with E-state index in [2.05, 4.69) is 4.98 Å². The summed E-state index contributed by atoms with van der Waals surface area (Å²) in [5, 5.41) is 18.9. The van der Waals surface area contributed by atoms with Gasteiger partial charge in [0.25, 0.3) is 5.56 Å². The molecule has 3 rings (SSSR count). The third-order valence-corrected chi connectivity index (χ3v) is 3.33. The molecule has 3 heterocycles. The summed E-state index contributed by atoms with van der Waals surface area (Å²) in [6.45, 7) is -0.329. The van der Waals surface area contributed by atoms with Crippen LogP contribution in [-0.2, 0) is 10.5 Å². The van der Waals surface area contributed by atoms with Crippen LogP contribution in [0.5, 0.6) is 0 Å². The predicted octanol–water partition coefficient (Wildman–Crippen LogP) is -1.64. The molecule has 96 valence electrons. The van der Waals surface area contributed by atoms with Gasteiger partial charge in [-0.25, -0.2) is 4.79 Å². The van der Waals surface area contributed by atoms with Crippen molar-refractivity contribution in [1.29, 1.82) is 0 Å². The van der Waals surface area contributed by atoms with Crippen molar-refractivity contribution in [1.82, 2.24) is 9.55 Å². The summed E-state index contributed by atoms with van der Waals surface area (Å²) in [5.74, 6) is 0. The third-order valence-electron chi connectivity index (χ3n) is 3.33. The average Bonchev–Trinajstić information content (AvgIpc) is 2.80. The molecule has 1 aromatic heterocycles. The summed E-state index contributed by atoms with van der Waals surface area (Å²) in [7, 11) is 0. The summed E-state index contributed by atoms with van der Waals surface area (Å²) >= 11 is 0. The number of nitrogens with one attached hydrogen (secondary N) is 1. The van der Waals surface area contributed by atoms with Gasteiger partial charge in [-0.3, -0.25) is 14.3 Å². The Kier molecular flexibility index (Phi) is 2.31. The van der Waals surface area contributed by atoms with Gasteiger partial charge in [0.1, 0.15) is 6.10 Å². The van der Waals surface area contributed by atoms with E-state index in [-0.39, 0.29) is 13.0 Å². The molecular formula is C11H12N2O5. The molecule has 0 aliphatic carbocycles. The maximum Gasteiger partial charge on any atom is 0.331 e. The Hall–Kier alpha value is -1.70.